The zero-order valence-electron chi connectivity index (χ0n) is 49.0. The monoisotopic (exact) mass is 1020 g/mol. The van der Waals surface area contributed by atoms with Gasteiger partial charge in [0.25, 0.3) is 0 Å². The van der Waals surface area contributed by atoms with Gasteiger partial charge in [-0.1, -0.05) is 121 Å². The molecule has 0 atom stereocenters. The van der Waals surface area contributed by atoms with Crippen molar-refractivity contribution in [1.82, 2.24) is 39.2 Å². The lowest BCUT2D eigenvalue weighted by atomic mass is 9.71. The van der Waals surface area contributed by atoms with Crippen molar-refractivity contribution < 1.29 is 0 Å². The minimum Gasteiger partial charge on any atom is -0.300 e. The minimum atomic E-state index is 0.337. The first-order valence-corrected chi connectivity index (χ1v) is 29.8. The van der Waals surface area contributed by atoms with Crippen molar-refractivity contribution in [2.45, 2.75) is 151 Å². The summed E-state index contributed by atoms with van der Waals surface area (Å²) < 4.78 is 0. The smallest absolute Gasteiger partial charge is 0.0234 e. The van der Waals surface area contributed by atoms with Crippen LogP contribution in [0, 0.1) is 21.7 Å². The Morgan fingerprint density at radius 3 is 0.947 bits per heavy atom. The second-order valence-electron chi connectivity index (χ2n) is 28.2. The Bertz CT molecular complexity index is 2290. The molecular formula is C67H102N8. The van der Waals surface area contributed by atoms with Gasteiger partial charge in [0.2, 0.25) is 0 Å². The molecule has 12 rings (SSSR count). The molecule has 8 heterocycles. The van der Waals surface area contributed by atoms with Crippen LogP contribution >= 0.6 is 0 Å². The molecule has 75 heavy (non-hydrogen) atoms. The lowest BCUT2D eigenvalue weighted by Gasteiger charge is -2.61. The number of rotatable bonds is 10. The Balaban J connectivity index is 0.000000123. The maximum Gasteiger partial charge on any atom is 0.0234 e. The van der Waals surface area contributed by atoms with E-state index in [4.69, 9.17) is 0 Å². The summed E-state index contributed by atoms with van der Waals surface area (Å²) in [6.07, 6.45) is 6.94. The zero-order valence-corrected chi connectivity index (χ0v) is 49.0. The van der Waals surface area contributed by atoms with Crippen molar-refractivity contribution in [3.63, 3.8) is 0 Å². The van der Waals surface area contributed by atoms with Crippen LogP contribution in [-0.2, 0) is 26.2 Å². The van der Waals surface area contributed by atoms with Crippen molar-refractivity contribution in [2.75, 3.05) is 105 Å². The fourth-order valence-corrected chi connectivity index (χ4v) is 14.2. The van der Waals surface area contributed by atoms with E-state index in [-0.39, 0.29) is 0 Å². The lowest BCUT2D eigenvalue weighted by Crippen LogP contribution is -2.72. The van der Waals surface area contributed by atoms with Crippen LogP contribution in [0.5, 0.6) is 0 Å². The number of hydrogen-bond donors (Lipinski definition) is 0. The molecule has 8 fully saturated rings. The van der Waals surface area contributed by atoms with Gasteiger partial charge in [-0.25, -0.2) is 0 Å². The first-order chi connectivity index (χ1) is 35.8. The molecule has 410 valence electrons. The van der Waals surface area contributed by atoms with E-state index in [1.807, 2.05) is 0 Å². The van der Waals surface area contributed by atoms with E-state index in [1.54, 1.807) is 0 Å². The van der Waals surface area contributed by atoms with Gasteiger partial charge >= 0.3 is 0 Å². The largest absolute Gasteiger partial charge is 0.300 e. The molecule has 0 saturated carbocycles. The topological polar surface area (TPSA) is 25.9 Å². The molecule has 8 aliphatic heterocycles. The molecule has 4 aromatic carbocycles. The summed E-state index contributed by atoms with van der Waals surface area (Å²) in [5, 5.41) is 0. The highest BCUT2D eigenvalue weighted by atomic mass is 15.3. The lowest BCUT2D eigenvalue weighted by molar-refractivity contribution is -0.128. The normalized spacial score (nSPS) is 23.7. The summed E-state index contributed by atoms with van der Waals surface area (Å²) in [5.41, 5.74) is 9.03. The van der Waals surface area contributed by atoms with Gasteiger partial charge in [0, 0.05) is 132 Å². The molecule has 0 radical (unpaired) electrons. The Morgan fingerprint density at radius 2 is 0.600 bits per heavy atom. The molecule has 0 amide bonds. The predicted octanol–water partition coefficient (Wildman–Crippen LogP) is 11.6. The van der Waals surface area contributed by atoms with Gasteiger partial charge in [0.05, 0.1) is 0 Å². The van der Waals surface area contributed by atoms with E-state index in [1.165, 1.54) is 159 Å². The molecule has 0 aromatic heterocycles. The number of benzene rings is 4. The Kier molecular flexibility index (Phi) is 17.9. The quantitative estimate of drug-likeness (QED) is 0.155. The molecule has 8 nitrogen and oxygen atoms in total. The first kappa shape index (κ1) is 56.3. The summed E-state index contributed by atoms with van der Waals surface area (Å²) >= 11 is 0. The molecule has 8 saturated heterocycles. The van der Waals surface area contributed by atoms with Crippen LogP contribution in [0.4, 0.5) is 0 Å². The molecule has 8 heteroatoms. The maximum atomic E-state index is 2.66. The van der Waals surface area contributed by atoms with E-state index in [0.29, 0.717) is 32.7 Å². The minimum absolute atomic E-state index is 0.337. The highest BCUT2D eigenvalue weighted by Gasteiger charge is 2.52. The second kappa shape index (κ2) is 23.9. The SMILES string of the molecule is CC(C)(C)N1CCC2(CC1)CN(Cc1ccccc1)C2.CC(C)(C)N1CCC2(CN(Cc3ccccc3)C2)C1.CC(C)N1CC2(CCN(Cc3ccccc3)CC2)C1.CC(C)N1CC2(CN(Cc3ccccc3)C2)C1. The van der Waals surface area contributed by atoms with Gasteiger partial charge in [-0.3, -0.25) is 39.2 Å². The molecule has 0 N–H and O–H groups in total. The van der Waals surface area contributed by atoms with Gasteiger partial charge in [-0.2, -0.15) is 0 Å². The van der Waals surface area contributed by atoms with E-state index in [0.717, 1.165) is 38.3 Å². The summed E-state index contributed by atoms with van der Waals surface area (Å²) in [6.45, 7) is 48.6. The van der Waals surface area contributed by atoms with Crippen LogP contribution in [-0.4, -0.2) is 167 Å². The maximum absolute atomic E-state index is 2.66. The molecule has 0 aliphatic carbocycles. The van der Waals surface area contributed by atoms with E-state index < -0.39 is 0 Å². The molecule has 0 bridgehead atoms. The number of likely N-dealkylation sites (tertiary alicyclic amines) is 8. The first-order valence-electron chi connectivity index (χ1n) is 29.8. The van der Waals surface area contributed by atoms with Crippen LogP contribution in [0.1, 0.15) is 124 Å². The average molecular weight is 1020 g/mol. The van der Waals surface area contributed by atoms with Crippen molar-refractivity contribution >= 4 is 0 Å². The van der Waals surface area contributed by atoms with Crippen molar-refractivity contribution in [3.8, 4) is 0 Å². The van der Waals surface area contributed by atoms with Crippen LogP contribution in [0.25, 0.3) is 0 Å². The summed E-state index contributed by atoms with van der Waals surface area (Å²) in [7, 11) is 0. The molecule has 4 aromatic rings. The Hall–Kier alpha value is -3.44. The van der Waals surface area contributed by atoms with Gasteiger partial charge in [0.1, 0.15) is 0 Å². The molecular weight excluding hydrogens is 917 g/mol. The van der Waals surface area contributed by atoms with Crippen molar-refractivity contribution in [3.05, 3.63) is 144 Å². The molecule has 8 aliphatic rings. The number of piperidine rings is 2. The third kappa shape index (κ3) is 14.8. The third-order valence-electron chi connectivity index (χ3n) is 19.0. The predicted molar refractivity (Wildman–Crippen MR) is 316 cm³/mol. The van der Waals surface area contributed by atoms with Crippen molar-refractivity contribution in [2.24, 2.45) is 21.7 Å². The Labute approximate surface area is 457 Å². The number of nitrogens with zero attached hydrogens (tertiary/aromatic N) is 8. The van der Waals surface area contributed by atoms with E-state index >= 15 is 0 Å². The van der Waals surface area contributed by atoms with E-state index in [2.05, 4.69) is 230 Å². The summed E-state index contributed by atoms with van der Waals surface area (Å²) in [4.78, 5) is 20.9. The van der Waals surface area contributed by atoms with Gasteiger partial charge < -0.3 is 0 Å². The third-order valence-corrected chi connectivity index (χ3v) is 19.0. The highest BCUT2D eigenvalue weighted by molar-refractivity contribution is 5.19. The zero-order chi connectivity index (χ0) is 52.9. The fourth-order valence-electron chi connectivity index (χ4n) is 14.2. The van der Waals surface area contributed by atoms with Crippen LogP contribution < -0.4 is 0 Å². The summed E-state index contributed by atoms with van der Waals surface area (Å²) in [5.74, 6) is 0. The highest BCUT2D eigenvalue weighted by Crippen LogP contribution is 2.45. The average Bonchev–Trinajstić information content (AvgIpc) is 3.80. The van der Waals surface area contributed by atoms with Crippen LogP contribution in [0.15, 0.2) is 121 Å². The van der Waals surface area contributed by atoms with Crippen LogP contribution in [0.3, 0.4) is 0 Å². The number of hydrogen-bond acceptors (Lipinski definition) is 8. The summed E-state index contributed by atoms with van der Waals surface area (Å²) in [6, 6.07) is 44.9. The Morgan fingerprint density at radius 1 is 0.320 bits per heavy atom. The van der Waals surface area contributed by atoms with Crippen LogP contribution in [0.2, 0.25) is 0 Å². The second-order valence-corrected chi connectivity index (χ2v) is 28.2. The fraction of sp³-hybridized carbons (Fsp3) is 0.642. The molecule has 4 spiro atoms. The van der Waals surface area contributed by atoms with Gasteiger partial charge in [0.15, 0.2) is 0 Å². The van der Waals surface area contributed by atoms with Crippen molar-refractivity contribution in [1.29, 1.82) is 0 Å². The molecule has 0 unspecified atom stereocenters. The van der Waals surface area contributed by atoms with Gasteiger partial charge in [-0.15, -0.1) is 0 Å². The van der Waals surface area contributed by atoms with E-state index in [9.17, 15) is 0 Å². The van der Waals surface area contributed by atoms with Gasteiger partial charge in [-0.05, 0) is 167 Å². The standard InChI is InChI=1S/C18H28N2.2C17H26N2.C15H22N2/c1-17(2,3)20-11-9-18(10-12-20)14-19(15-18)13-16-7-5-4-6-8-16;1-16(2,3)19-10-9-17(14-19)12-18(13-17)11-15-7-5-4-6-8-15;1-15(2)19-13-17(14-19)8-10-18(11-9-17)12-16-6-4-3-5-7-16;1-13(2)17-11-15(12-17)9-16(10-15)8-14-6-4-3-5-7-14/h4-8H,9-15H2,1-3H3;4-8H,9-14H2,1-3H3;3-7,15H,8-14H2,1-2H3;3-7,13H,8-12H2,1-2H3.